The molecule has 2 saturated heterocycles. The Balaban J connectivity index is 1.62. The van der Waals surface area contributed by atoms with Crippen molar-refractivity contribution in [2.75, 3.05) is 36.4 Å². The van der Waals surface area contributed by atoms with Crippen LogP contribution < -0.4 is 10.2 Å². The van der Waals surface area contributed by atoms with Crippen LogP contribution in [0.15, 0.2) is 18.2 Å². The number of likely N-dealkylation sites (tertiary alicyclic amines) is 1. The first-order valence-electron chi connectivity index (χ1n) is 10.1. The van der Waals surface area contributed by atoms with Gasteiger partial charge >= 0.3 is 5.97 Å². The Morgan fingerprint density at radius 1 is 1.27 bits per heavy atom. The topological polar surface area (TPSA) is 68.7 Å². The molecule has 1 aromatic heterocycles. The van der Waals surface area contributed by atoms with Crippen LogP contribution in [-0.4, -0.2) is 59.2 Å². The number of aromatic nitrogens is 1. The number of nitrogens with one attached hydrogen (secondary N) is 1. The highest BCUT2D eigenvalue weighted by Crippen LogP contribution is 2.23. The van der Waals surface area contributed by atoms with Crippen molar-refractivity contribution in [1.82, 2.24) is 9.88 Å². The molecule has 0 aliphatic carbocycles. The number of unbranched alkanes of at least 4 members (excludes halogenated alkanes) is 1. The summed E-state index contributed by atoms with van der Waals surface area (Å²) in [5.41, 5.74) is 0. The largest absolute Gasteiger partial charge is 0.480 e. The second-order valence-corrected chi connectivity index (χ2v) is 7.55. The molecule has 0 amide bonds. The molecule has 0 bridgehead atoms. The van der Waals surface area contributed by atoms with Crippen LogP contribution in [0.1, 0.15) is 51.9 Å². The minimum absolute atomic E-state index is 0.256. The van der Waals surface area contributed by atoms with E-state index in [2.05, 4.69) is 34.2 Å². The van der Waals surface area contributed by atoms with Gasteiger partial charge < -0.3 is 15.3 Å². The van der Waals surface area contributed by atoms with E-state index in [1.165, 1.54) is 19.3 Å². The number of carboxylic acid groups (broad SMARTS) is 1. The van der Waals surface area contributed by atoms with Gasteiger partial charge in [0.05, 0.1) is 0 Å². The summed E-state index contributed by atoms with van der Waals surface area (Å²) in [6.45, 7) is 5.95. The van der Waals surface area contributed by atoms with E-state index >= 15 is 0 Å². The van der Waals surface area contributed by atoms with E-state index in [9.17, 15) is 9.90 Å². The fourth-order valence-electron chi connectivity index (χ4n) is 4.06. The molecule has 0 saturated carbocycles. The second-order valence-electron chi connectivity index (χ2n) is 7.55. The lowest BCUT2D eigenvalue weighted by Gasteiger charge is -2.38. The van der Waals surface area contributed by atoms with Crippen molar-refractivity contribution >= 4 is 17.6 Å². The summed E-state index contributed by atoms with van der Waals surface area (Å²) in [7, 11) is 0. The van der Waals surface area contributed by atoms with Gasteiger partial charge in [-0.2, -0.15) is 0 Å². The Kier molecular flexibility index (Phi) is 6.72. The molecular weight excluding hydrogens is 328 g/mol. The van der Waals surface area contributed by atoms with Gasteiger partial charge in [-0.1, -0.05) is 19.4 Å². The average Bonchev–Trinajstić information content (AvgIpc) is 2.67. The maximum absolute atomic E-state index is 11.5. The molecule has 6 nitrogen and oxygen atoms in total. The van der Waals surface area contributed by atoms with Gasteiger partial charge in [0.15, 0.2) is 0 Å². The molecule has 26 heavy (non-hydrogen) atoms. The molecule has 0 aromatic carbocycles. The third-order valence-electron chi connectivity index (χ3n) is 5.53. The fraction of sp³-hybridized carbons (Fsp3) is 0.700. The standard InChI is InChI=1S/C20H32N4O2/c1-2-3-12-24-15-16(10-11-17(24)20(25)26)21-18-8-7-9-19(22-18)23-13-5-4-6-14-23/h7-9,16-17H,2-6,10-15H2,1H3,(H,21,22)(H,25,26). The molecule has 144 valence electrons. The molecule has 2 fully saturated rings. The van der Waals surface area contributed by atoms with Gasteiger partial charge in [0.1, 0.15) is 17.7 Å². The number of aliphatic carboxylic acids is 1. The summed E-state index contributed by atoms with van der Waals surface area (Å²) >= 11 is 0. The minimum atomic E-state index is -0.690. The predicted molar refractivity (Wildman–Crippen MR) is 105 cm³/mol. The highest BCUT2D eigenvalue weighted by molar-refractivity contribution is 5.73. The second kappa shape index (κ2) is 9.21. The van der Waals surface area contributed by atoms with Gasteiger partial charge in [0.2, 0.25) is 0 Å². The summed E-state index contributed by atoms with van der Waals surface area (Å²) in [5, 5.41) is 13.0. The van der Waals surface area contributed by atoms with E-state index in [1.807, 2.05) is 6.07 Å². The van der Waals surface area contributed by atoms with Crippen LogP contribution in [0.4, 0.5) is 11.6 Å². The number of rotatable bonds is 7. The number of carboxylic acids is 1. The predicted octanol–water partition coefficient (Wildman–Crippen LogP) is 3.20. The van der Waals surface area contributed by atoms with Crippen molar-refractivity contribution in [3.8, 4) is 0 Å². The molecule has 2 aliphatic rings. The Morgan fingerprint density at radius 3 is 2.81 bits per heavy atom. The number of piperidine rings is 2. The van der Waals surface area contributed by atoms with Gasteiger partial charge in [-0.15, -0.1) is 0 Å². The summed E-state index contributed by atoms with van der Waals surface area (Å²) in [4.78, 5) is 20.8. The maximum atomic E-state index is 11.5. The van der Waals surface area contributed by atoms with E-state index in [0.717, 1.165) is 57.1 Å². The third-order valence-corrected chi connectivity index (χ3v) is 5.53. The van der Waals surface area contributed by atoms with E-state index < -0.39 is 5.97 Å². The SMILES string of the molecule is CCCCN1CC(Nc2cccc(N3CCCCC3)n2)CCC1C(=O)O. The highest BCUT2D eigenvalue weighted by atomic mass is 16.4. The quantitative estimate of drug-likeness (QED) is 0.778. The van der Waals surface area contributed by atoms with E-state index in [-0.39, 0.29) is 12.1 Å². The number of nitrogens with zero attached hydrogens (tertiary/aromatic N) is 3. The van der Waals surface area contributed by atoms with Crippen molar-refractivity contribution in [3.63, 3.8) is 0 Å². The van der Waals surface area contributed by atoms with Crippen LogP contribution >= 0.6 is 0 Å². The molecule has 0 radical (unpaired) electrons. The Hall–Kier alpha value is -1.82. The Bertz CT molecular complexity index is 589. The fourth-order valence-corrected chi connectivity index (χ4v) is 4.06. The van der Waals surface area contributed by atoms with Crippen LogP contribution in [0, 0.1) is 0 Å². The molecule has 2 unspecified atom stereocenters. The number of anilines is 2. The normalized spacial score (nSPS) is 24.4. The molecule has 1 aromatic rings. The minimum Gasteiger partial charge on any atom is -0.480 e. The van der Waals surface area contributed by atoms with Crippen LogP contribution in [0.25, 0.3) is 0 Å². The lowest BCUT2D eigenvalue weighted by atomic mass is 9.97. The molecule has 2 N–H and O–H groups in total. The third kappa shape index (κ3) is 4.87. The van der Waals surface area contributed by atoms with E-state index in [4.69, 9.17) is 4.98 Å². The van der Waals surface area contributed by atoms with Gasteiger partial charge in [-0.05, 0) is 57.2 Å². The first kappa shape index (κ1) is 19.0. The summed E-state index contributed by atoms with van der Waals surface area (Å²) in [5.74, 6) is 1.27. The Morgan fingerprint density at radius 2 is 2.08 bits per heavy atom. The number of carbonyl (C=O) groups is 1. The first-order chi connectivity index (χ1) is 12.7. The van der Waals surface area contributed by atoms with E-state index in [1.54, 1.807) is 0 Å². The number of hydrogen-bond donors (Lipinski definition) is 2. The molecule has 3 heterocycles. The maximum Gasteiger partial charge on any atom is 0.320 e. The lowest BCUT2D eigenvalue weighted by Crippen LogP contribution is -2.51. The average molecular weight is 361 g/mol. The van der Waals surface area contributed by atoms with Crippen molar-refractivity contribution in [2.24, 2.45) is 0 Å². The van der Waals surface area contributed by atoms with Crippen molar-refractivity contribution in [3.05, 3.63) is 18.2 Å². The molecule has 3 rings (SSSR count). The van der Waals surface area contributed by atoms with E-state index in [0.29, 0.717) is 6.42 Å². The smallest absolute Gasteiger partial charge is 0.320 e. The molecular formula is C20H32N4O2. The van der Waals surface area contributed by atoms with Gasteiger partial charge in [0.25, 0.3) is 0 Å². The van der Waals surface area contributed by atoms with Gasteiger partial charge in [-0.3, -0.25) is 9.69 Å². The van der Waals surface area contributed by atoms with Crippen molar-refractivity contribution in [2.45, 2.75) is 64.0 Å². The zero-order valence-corrected chi connectivity index (χ0v) is 15.9. The van der Waals surface area contributed by atoms with Crippen LogP contribution in [-0.2, 0) is 4.79 Å². The lowest BCUT2D eigenvalue weighted by molar-refractivity contribution is -0.144. The zero-order valence-electron chi connectivity index (χ0n) is 15.9. The van der Waals surface area contributed by atoms with Crippen LogP contribution in [0.2, 0.25) is 0 Å². The molecule has 0 spiro atoms. The van der Waals surface area contributed by atoms with Crippen LogP contribution in [0.5, 0.6) is 0 Å². The van der Waals surface area contributed by atoms with Gasteiger partial charge in [-0.25, -0.2) is 4.98 Å². The number of hydrogen-bond acceptors (Lipinski definition) is 5. The molecule has 6 heteroatoms. The molecule has 2 atom stereocenters. The highest BCUT2D eigenvalue weighted by Gasteiger charge is 2.32. The summed E-state index contributed by atoms with van der Waals surface area (Å²) in [6.07, 6.45) is 7.49. The van der Waals surface area contributed by atoms with Gasteiger partial charge in [0, 0.05) is 25.7 Å². The first-order valence-corrected chi connectivity index (χ1v) is 10.1. The van der Waals surface area contributed by atoms with Crippen molar-refractivity contribution in [1.29, 1.82) is 0 Å². The zero-order chi connectivity index (χ0) is 18.4. The Labute approximate surface area is 156 Å². The molecule has 2 aliphatic heterocycles. The number of pyridine rings is 1. The monoisotopic (exact) mass is 360 g/mol. The summed E-state index contributed by atoms with van der Waals surface area (Å²) in [6, 6.07) is 6.09. The van der Waals surface area contributed by atoms with Crippen molar-refractivity contribution < 1.29 is 9.90 Å². The van der Waals surface area contributed by atoms with Crippen LogP contribution in [0.3, 0.4) is 0 Å². The summed E-state index contributed by atoms with van der Waals surface area (Å²) < 4.78 is 0.